The van der Waals surface area contributed by atoms with Crippen molar-refractivity contribution in [2.45, 2.75) is 38.1 Å². The monoisotopic (exact) mass is 441 g/mol. The Balaban J connectivity index is 1.42. The summed E-state index contributed by atoms with van der Waals surface area (Å²) >= 11 is 0. The molecule has 1 saturated heterocycles. The van der Waals surface area contributed by atoms with Crippen LogP contribution in [0.1, 0.15) is 37.7 Å². The number of aromatic nitrogens is 2. The van der Waals surface area contributed by atoms with E-state index in [9.17, 15) is 0 Å². The molecule has 3 aromatic rings. The molecule has 168 valence electrons. The lowest BCUT2D eigenvalue weighted by Gasteiger charge is -2.37. The molecule has 33 heavy (non-hydrogen) atoms. The van der Waals surface area contributed by atoms with Gasteiger partial charge in [0.25, 0.3) is 0 Å². The number of ether oxygens (including phenoxy) is 1. The van der Waals surface area contributed by atoms with Crippen LogP contribution in [0, 0.1) is 5.92 Å². The number of hydrogen-bond donors (Lipinski definition) is 3. The molecule has 8 heteroatoms. The second kappa shape index (κ2) is 7.65. The highest BCUT2D eigenvalue weighted by Gasteiger charge is 2.37. The second-order valence-electron chi connectivity index (χ2n) is 9.07. The van der Waals surface area contributed by atoms with Gasteiger partial charge in [0.1, 0.15) is 23.1 Å². The third kappa shape index (κ3) is 3.61. The van der Waals surface area contributed by atoms with E-state index in [1.54, 1.807) is 0 Å². The first-order valence-corrected chi connectivity index (χ1v) is 11.5. The van der Waals surface area contributed by atoms with Gasteiger partial charge in [-0.2, -0.15) is 4.98 Å². The Bertz CT molecular complexity index is 1270. The molecule has 6 rings (SSSR count). The van der Waals surface area contributed by atoms with E-state index in [0.717, 1.165) is 23.8 Å². The number of aliphatic imine (C=N–C) groups is 1. The van der Waals surface area contributed by atoms with E-state index in [1.807, 2.05) is 42.5 Å². The Labute approximate surface area is 192 Å². The fraction of sp³-hybridized carbons (Fsp3) is 0.320. The third-order valence-corrected chi connectivity index (χ3v) is 6.75. The van der Waals surface area contributed by atoms with Crippen molar-refractivity contribution in [3.63, 3.8) is 0 Å². The van der Waals surface area contributed by atoms with E-state index in [0.29, 0.717) is 46.0 Å². The number of para-hydroxylation sites is 2. The molecule has 0 bridgehead atoms. The Morgan fingerprint density at radius 2 is 1.76 bits per heavy atom. The number of anilines is 3. The minimum Gasteiger partial charge on any atom is -0.454 e. The van der Waals surface area contributed by atoms with Crippen molar-refractivity contribution in [1.29, 1.82) is 0 Å². The highest BCUT2D eigenvalue weighted by molar-refractivity contribution is 6.07. The van der Waals surface area contributed by atoms with Gasteiger partial charge >= 0.3 is 0 Å². The molecule has 1 saturated carbocycles. The van der Waals surface area contributed by atoms with Crippen molar-refractivity contribution in [1.82, 2.24) is 9.97 Å². The zero-order valence-electron chi connectivity index (χ0n) is 18.4. The van der Waals surface area contributed by atoms with E-state index in [-0.39, 0.29) is 5.95 Å². The summed E-state index contributed by atoms with van der Waals surface area (Å²) in [6.07, 6.45) is 6.26. The summed E-state index contributed by atoms with van der Waals surface area (Å²) < 4.78 is 6.19. The minimum absolute atomic E-state index is 0.253. The number of nitrogens with zero attached hydrogens (tertiary/aromatic N) is 4. The van der Waals surface area contributed by atoms with Crippen LogP contribution in [0.25, 0.3) is 11.3 Å². The van der Waals surface area contributed by atoms with Gasteiger partial charge in [-0.1, -0.05) is 12.1 Å². The summed E-state index contributed by atoms with van der Waals surface area (Å²) in [5.74, 6) is 3.40. The molecule has 1 unspecified atom stereocenters. The molecule has 2 aromatic carbocycles. The maximum absolute atomic E-state index is 6.44. The van der Waals surface area contributed by atoms with E-state index >= 15 is 0 Å². The Morgan fingerprint density at radius 1 is 0.909 bits per heavy atom. The predicted molar refractivity (Wildman–Crippen MR) is 131 cm³/mol. The summed E-state index contributed by atoms with van der Waals surface area (Å²) in [5.41, 5.74) is 22.1. The fourth-order valence-corrected chi connectivity index (χ4v) is 5.04. The number of fused-ring (bicyclic) bond motifs is 2. The second-order valence-corrected chi connectivity index (χ2v) is 9.07. The summed E-state index contributed by atoms with van der Waals surface area (Å²) in [7, 11) is 0. The smallest absolute Gasteiger partial charge is 0.222 e. The molecule has 3 heterocycles. The van der Waals surface area contributed by atoms with Crippen LogP contribution in [-0.4, -0.2) is 28.4 Å². The Morgan fingerprint density at radius 3 is 2.61 bits per heavy atom. The molecular formula is C25H27N7O. The van der Waals surface area contributed by atoms with Crippen LogP contribution < -0.4 is 26.8 Å². The molecule has 1 aliphatic carbocycles. The van der Waals surface area contributed by atoms with Crippen molar-refractivity contribution in [3.8, 4) is 22.8 Å². The molecule has 2 aliphatic heterocycles. The number of rotatable bonds is 3. The Hall–Kier alpha value is -3.81. The van der Waals surface area contributed by atoms with Gasteiger partial charge in [0, 0.05) is 29.9 Å². The van der Waals surface area contributed by atoms with Gasteiger partial charge in [0.2, 0.25) is 5.95 Å². The van der Waals surface area contributed by atoms with E-state index in [1.165, 1.54) is 32.1 Å². The quantitative estimate of drug-likeness (QED) is 0.519. The van der Waals surface area contributed by atoms with E-state index in [2.05, 4.69) is 19.9 Å². The average Bonchev–Trinajstić information content (AvgIpc) is 3.65. The number of amidine groups is 1. The van der Waals surface area contributed by atoms with Crippen molar-refractivity contribution >= 4 is 29.0 Å². The molecule has 1 aromatic heterocycles. The molecule has 0 amide bonds. The molecule has 0 spiro atoms. The minimum atomic E-state index is 0.253. The molecule has 3 aliphatic rings. The summed E-state index contributed by atoms with van der Waals surface area (Å²) in [4.78, 5) is 16.1. The number of nitrogens with two attached hydrogens (primary N) is 3. The molecule has 8 nitrogen and oxygen atoms in total. The van der Waals surface area contributed by atoms with Gasteiger partial charge in [-0.05, 0) is 62.3 Å². The largest absolute Gasteiger partial charge is 0.454 e. The van der Waals surface area contributed by atoms with Crippen molar-refractivity contribution in [2.75, 3.05) is 22.9 Å². The van der Waals surface area contributed by atoms with Crippen LogP contribution in [0.2, 0.25) is 0 Å². The lowest BCUT2D eigenvalue weighted by Crippen LogP contribution is -2.41. The molecular weight excluding hydrogens is 414 g/mol. The third-order valence-electron chi connectivity index (χ3n) is 6.75. The van der Waals surface area contributed by atoms with Crippen molar-refractivity contribution in [2.24, 2.45) is 16.6 Å². The number of piperidine rings is 1. The normalized spacial score (nSPS) is 19.7. The lowest BCUT2D eigenvalue weighted by atomic mass is 9.98. The van der Waals surface area contributed by atoms with Crippen molar-refractivity contribution in [3.05, 3.63) is 48.0 Å². The van der Waals surface area contributed by atoms with Gasteiger partial charge in [0.05, 0.1) is 11.3 Å². The molecule has 0 radical (unpaired) electrons. The van der Waals surface area contributed by atoms with Gasteiger partial charge in [0.15, 0.2) is 5.75 Å². The topological polar surface area (TPSA) is 129 Å². The van der Waals surface area contributed by atoms with E-state index < -0.39 is 0 Å². The predicted octanol–water partition coefficient (Wildman–Crippen LogP) is 4.22. The van der Waals surface area contributed by atoms with Crippen LogP contribution in [0.3, 0.4) is 0 Å². The van der Waals surface area contributed by atoms with Crippen molar-refractivity contribution < 1.29 is 4.74 Å². The molecule has 2 fully saturated rings. The Kier molecular flexibility index (Phi) is 4.60. The highest BCUT2D eigenvalue weighted by Crippen LogP contribution is 2.43. The number of nitrogen functional groups attached to an aromatic ring is 2. The first kappa shape index (κ1) is 19.8. The number of benzene rings is 2. The fourth-order valence-electron chi connectivity index (χ4n) is 5.04. The highest BCUT2D eigenvalue weighted by atomic mass is 16.5. The SMILES string of the molecule is NC1=Nc2ccccc2Oc2cc(-c3cc(N4CCCCC4C4CC4)nc(N)n3)cc(N)c21. The zero-order valence-corrected chi connectivity index (χ0v) is 18.4. The van der Waals surface area contributed by atoms with Gasteiger partial charge in [-0.25, -0.2) is 9.98 Å². The lowest BCUT2D eigenvalue weighted by molar-refractivity contribution is 0.421. The van der Waals surface area contributed by atoms with E-state index in [4.69, 9.17) is 21.9 Å². The summed E-state index contributed by atoms with van der Waals surface area (Å²) in [5, 5.41) is 0. The van der Waals surface area contributed by atoms with Crippen LogP contribution in [-0.2, 0) is 0 Å². The maximum Gasteiger partial charge on any atom is 0.222 e. The number of hydrogen-bond acceptors (Lipinski definition) is 8. The first-order valence-electron chi connectivity index (χ1n) is 11.5. The maximum atomic E-state index is 6.44. The van der Waals surface area contributed by atoms with Crippen LogP contribution >= 0.6 is 0 Å². The summed E-state index contributed by atoms with van der Waals surface area (Å²) in [6, 6.07) is 13.8. The zero-order chi connectivity index (χ0) is 22.5. The molecule has 6 N–H and O–H groups in total. The van der Waals surface area contributed by atoms with Crippen LogP contribution in [0.4, 0.5) is 23.1 Å². The summed E-state index contributed by atoms with van der Waals surface area (Å²) in [6.45, 7) is 0.996. The standard InChI is InChI=1S/C25H27N7O/c26-16-11-15(12-21-23(16)24(27)29-17-5-1-2-7-20(17)33-21)18-13-22(31-25(28)30-18)32-10-4-3-6-19(32)14-8-9-14/h1-2,5,7,11-14,19H,3-4,6,8-10,26H2,(H2,27,29)(H2,28,30,31). The first-order chi connectivity index (χ1) is 16.1. The van der Waals surface area contributed by atoms with Gasteiger partial charge in [-0.3, -0.25) is 0 Å². The van der Waals surface area contributed by atoms with Crippen LogP contribution in [0.5, 0.6) is 11.5 Å². The molecule has 1 atom stereocenters. The van der Waals surface area contributed by atoms with Gasteiger partial charge in [-0.15, -0.1) is 0 Å². The van der Waals surface area contributed by atoms with Crippen LogP contribution in [0.15, 0.2) is 47.5 Å². The van der Waals surface area contributed by atoms with Gasteiger partial charge < -0.3 is 26.8 Å². The average molecular weight is 442 g/mol.